The van der Waals surface area contributed by atoms with Crippen molar-refractivity contribution in [2.75, 3.05) is 13.7 Å². The van der Waals surface area contributed by atoms with Crippen molar-refractivity contribution < 1.29 is 9.13 Å². The second-order valence-corrected chi connectivity index (χ2v) is 4.90. The van der Waals surface area contributed by atoms with E-state index in [0.717, 1.165) is 31.4 Å². The van der Waals surface area contributed by atoms with Crippen LogP contribution in [-0.2, 0) is 0 Å². The Morgan fingerprint density at radius 3 is 2.42 bits per heavy atom. The molecule has 0 spiro atoms. The Kier molecular flexibility index (Phi) is 6.85. The molecule has 1 N–H and O–H groups in total. The van der Waals surface area contributed by atoms with Gasteiger partial charge in [-0.1, -0.05) is 39.7 Å². The summed E-state index contributed by atoms with van der Waals surface area (Å²) in [7, 11) is 1.51. The number of halogens is 1. The lowest BCUT2D eigenvalue weighted by Crippen LogP contribution is -2.28. The lowest BCUT2D eigenvalue weighted by molar-refractivity contribution is 0.337. The van der Waals surface area contributed by atoms with Crippen LogP contribution in [0.4, 0.5) is 4.39 Å². The molecule has 0 aromatic heterocycles. The number of methoxy groups -OCH3 is 1. The fraction of sp³-hybridized carbons (Fsp3) is 0.625. The van der Waals surface area contributed by atoms with Gasteiger partial charge in [0.25, 0.3) is 0 Å². The third kappa shape index (κ3) is 4.20. The summed E-state index contributed by atoms with van der Waals surface area (Å²) in [5.74, 6) is 0.582. The Balaban J connectivity index is 3.01. The molecule has 1 rings (SSSR count). The SMILES string of the molecule is CCCNC(c1ccc(F)c(OC)c1)C(CC)CC. The Morgan fingerprint density at radius 2 is 1.89 bits per heavy atom. The molecule has 1 aromatic rings. The van der Waals surface area contributed by atoms with Crippen molar-refractivity contribution in [2.45, 2.75) is 46.1 Å². The molecule has 1 aromatic carbocycles. The summed E-state index contributed by atoms with van der Waals surface area (Å²) < 4.78 is 18.6. The normalized spacial score (nSPS) is 12.7. The monoisotopic (exact) mass is 267 g/mol. The lowest BCUT2D eigenvalue weighted by Gasteiger charge is -2.27. The molecule has 0 aliphatic heterocycles. The summed E-state index contributed by atoms with van der Waals surface area (Å²) in [6, 6.07) is 5.45. The molecule has 0 saturated carbocycles. The molecular weight excluding hydrogens is 241 g/mol. The largest absolute Gasteiger partial charge is 0.494 e. The first-order valence-electron chi connectivity index (χ1n) is 7.24. The predicted octanol–water partition coefficient (Wildman–Crippen LogP) is 4.31. The van der Waals surface area contributed by atoms with Crippen LogP contribution in [0.15, 0.2) is 18.2 Å². The molecule has 0 radical (unpaired) electrons. The van der Waals surface area contributed by atoms with Crippen LogP contribution in [0.5, 0.6) is 5.75 Å². The van der Waals surface area contributed by atoms with Crippen molar-refractivity contribution in [1.29, 1.82) is 0 Å². The van der Waals surface area contributed by atoms with Gasteiger partial charge in [0.15, 0.2) is 11.6 Å². The minimum Gasteiger partial charge on any atom is -0.494 e. The first-order chi connectivity index (χ1) is 9.17. The van der Waals surface area contributed by atoms with Gasteiger partial charge in [0.2, 0.25) is 0 Å². The van der Waals surface area contributed by atoms with E-state index in [0.29, 0.717) is 11.7 Å². The lowest BCUT2D eigenvalue weighted by atomic mass is 9.88. The van der Waals surface area contributed by atoms with Crippen LogP contribution >= 0.6 is 0 Å². The highest BCUT2D eigenvalue weighted by Gasteiger charge is 2.20. The molecule has 0 heterocycles. The second kappa shape index (κ2) is 8.16. The van der Waals surface area contributed by atoms with Crippen LogP contribution in [0.1, 0.15) is 51.6 Å². The summed E-state index contributed by atoms with van der Waals surface area (Å²) in [5, 5.41) is 3.58. The summed E-state index contributed by atoms with van der Waals surface area (Å²) in [6.45, 7) is 7.54. The molecule has 1 unspecified atom stereocenters. The highest BCUT2D eigenvalue weighted by Crippen LogP contribution is 2.30. The van der Waals surface area contributed by atoms with Gasteiger partial charge in [-0.05, 0) is 36.6 Å². The van der Waals surface area contributed by atoms with Crippen LogP contribution in [-0.4, -0.2) is 13.7 Å². The van der Waals surface area contributed by atoms with Crippen LogP contribution < -0.4 is 10.1 Å². The Hall–Kier alpha value is -1.09. The highest BCUT2D eigenvalue weighted by atomic mass is 19.1. The van der Waals surface area contributed by atoms with Gasteiger partial charge in [-0.15, -0.1) is 0 Å². The topological polar surface area (TPSA) is 21.3 Å². The van der Waals surface area contributed by atoms with Crippen molar-refractivity contribution in [3.8, 4) is 5.75 Å². The second-order valence-electron chi connectivity index (χ2n) is 4.90. The highest BCUT2D eigenvalue weighted by molar-refractivity contribution is 5.32. The van der Waals surface area contributed by atoms with E-state index < -0.39 is 0 Å². The zero-order chi connectivity index (χ0) is 14.3. The zero-order valence-corrected chi connectivity index (χ0v) is 12.5. The van der Waals surface area contributed by atoms with E-state index in [2.05, 4.69) is 26.1 Å². The minimum atomic E-state index is -0.301. The molecule has 1 atom stereocenters. The molecule has 0 fully saturated rings. The molecule has 0 aliphatic rings. The number of benzene rings is 1. The van der Waals surface area contributed by atoms with Gasteiger partial charge in [0.1, 0.15) is 0 Å². The van der Waals surface area contributed by atoms with Gasteiger partial charge in [-0.25, -0.2) is 4.39 Å². The Morgan fingerprint density at radius 1 is 1.21 bits per heavy atom. The molecule has 0 aliphatic carbocycles. The fourth-order valence-electron chi connectivity index (χ4n) is 2.49. The van der Waals surface area contributed by atoms with Crippen LogP contribution in [0.3, 0.4) is 0 Å². The number of hydrogen-bond donors (Lipinski definition) is 1. The zero-order valence-electron chi connectivity index (χ0n) is 12.5. The van der Waals surface area contributed by atoms with Gasteiger partial charge in [-0.2, -0.15) is 0 Å². The van der Waals surface area contributed by atoms with E-state index in [4.69, 9.17) is 4.74 Å². The third-order valence-corrected chi connectivity index (χ3v) is 3.67. The average molecular weight is 267 g/mol. The van der Waals surface area contributed by atoms with E-state index in [-0.39, 0.29) is 11.9 Å². The van der Waals surface area contributed by atoms with E-state index in [9.17, 15) is 4.39 Å². The van der Waals surface area contributed by atoms with Crippen molar-refractivity contribution in [3.63, 3.8) is 0 Å². The summed E-state index contributed by atoms with van der Waals surface area (Å²) in [6.07, 6.45) is 3.31. The van der Waals surface area contributed by atoms with E-state index in [1.54, 1.807) is 0 Å². The molecule has 19 heavy (non-hydrogen) atoms. The summed E-state index contributed by atoms with van der Waals surface area (Å²) in [4.78, 5) is 0. The van der Waals surface area contributed by atoms with E-state index in [1.807, 2.05) is 12.1 Å². The number of rotatable bonds is 8. The predicted molar refractivity (Wildman–Crippen MR) is 78.1 cm³/mol. The first kappa shape index (κ1) is 16.0. The standard InChI is InChI=1S/C16H26FNO/c1-5-10-18-16(12(6-2)7-3)13-8-9-14(17)15(11-13)19-4/h8-9,11-12,16,18H,5-7,10H2,1-4H3. The van der Waals surface area contributed by atoms with Crippen LogP contribution in [0, 0.1) is 11.7 Å². The molecule has 3 heteroatoms. The first-order valence-corrected chi connectivity index (χ1v) is 7.24. The summed E-state index contributed by atoms with van der Waals surface area (Å²) in [5.41, 5.74) is 1.11. The van der Waals surface area contributed by atoms with Crippen molar-refractivity contribution in [1.82, 2.24) is 5.32 Å². The van der Waals surface area contributed by atoms with Gasteiger partial charge in [0, 0.05) is 6.04 Å². The van der Waals surface area contributed by atoms with Crippen LogP contribution in [0.2, 0.25) is 0 Å². The maximum Gasteiger partial charge on any atom is 0.165 e. The maximum atomic E-state index is 13.5. The summed E-state index contributed by atoms with van der Waals surface area (Å²) >= 11 is 0. The van der Waals surface area contributed by atoms with Crippen LogP contribution in [0.25, 0.3) is 0 Å². The molecular formula is C16H26FNO. The Labute approximate surface area is 116 Å². The van der Waals surface area contributed by atoms with Gasteiger partial charge in [0.05, 0.1) is 7.11 Å². The Bertz CT molecular complexity index is 377. The van der Waals surface area contributed by atoms with Crippen molar-refractivity contribution in [2.24, 2.45) is 5.92 Å². The van der Waals surface area contributed by atoms with E-state index in [1.165, 1.54) is 13.2 Å². The van der Waals surface area contributed by atoms with E-state index >= 15 is 0 Å². The van der Waals surface area contributed by atoms with Gasteiger partial charge >= 0.3 is 0 Å². The quantitative estimate of drug-likeness (QED) is 0.757. The number of nitrogens with one attached hydrogen (secondary N) is 1. The van der Waals surface area contributed by atoms with Crippen molar-refractivity contribution in [3.05, 3.63) is 29.6 Å². The smallest absolute Gasteiger partial charge is 0.165 e. The molecule has 0 bridgehead atoms. The molecule has 108 valence electrons. The van der Waals surface area contributed by atoms with Crippen molar-refractivity contribution >= 4 is 0 Å². The maximum absolute atomic E-state index is 13.5. The number of hydrogen-bond acceptors (Lipinski definition) is 2. The average Bonchev–Trinajstić information content (AvgIpc) is 2.44. The molecule has 0 saturated heterocycles. The third-order valence-electron chi connectivity index (χ3n) is 3.67. The number of ether oxygens (including phenoxy) is 1. The fourth-order valence-corrected chi connectivity index (χ4v) is 2.49. The molecule has 0 amide bonds. The molecule has 2 nitrogen and oxygen atoms in total. The van der Waals surface area contributed by atoms with Gasteiger partial charge < -0.3 is 10.1 Å². The van der Waals surface area contributed by atoms with Gasteiger partial charge in [-0.3, -0.25) is 0 Å². The minimum absolute atomic E-state index is 0.268.